The van der Waals surface area contributed by atoms with Gasteiger partial charge in [0.15, 0.2) is 11.4 Å². The number of benzene rings is 2. The van der Waals surface area contributed by atoms with Crippen molar-refractivity contribution in [2.24, 2.45) is 7.05 Å². The summed E-state index contributed by atoms with van der Waals surface area (Å²) in [4.78, 5) is 15.1. The summed E-state index contributed by atoms with van der Waals surface area (Å²) in [7, 11) is 1.97. The summed E-state index contributed by atoms with van der Waals surface area (Å²) in [5.74, 6) is 1.46. The Labute approximate surface area is 149 Å². The number of aromatic nitrogens is 2. The molecule has 0 spiro atoms. The fourth-order valence-corrected chi connectivity index (χ4v) is 3.48. The van der Waals surface area contributed by atoms with Crippen LogP contribution in [0.3, 0.4) is 0 Å². The standard InChI is InChI=1S/C18H16ClN3O3/c1-21-16-8-3-12(19)11-15(16)20-17(21)18(9-2-10-18)25-14-6-4-13(5-7-14)22(23)24/h3-8,11H,2,9-10H2,1H3. The first kappa shape index (κ1) is 15.9. The number of imidazole rings is 1. The summed E-state index contributed by atoms with van der Waals surface area (Å²) in [6.45, 7) is 0. The summed E-state index contributed by atoms with van der Waals surface area (Å²) in [5.41, 5.74) is 1.38. The lowest BCUT2D eigenvalue weighted by Gasteiger charge is -2.41. The van der Waals surface area contributed by atoms with E-state index in [1.54, 1.807) is 12.1 Å². The average Bonchev–Trinajstić information content (AvgIpc) is 2.87. The van der Waals surface area contributed by atoms with Gasteiger partial charge in [0.1, 0.15) is 5.75 Å². The van der Waals surface area contributed by atoms with Crippen molar-refractivity contribution in [2.45, 2.75) is 24.9 Å². The smallest absolute Gasteiger partial charge is 0.269 e. The minimum atomic E-state index is -0.504. The summed E-state index contributed by atoms with van der Waals surface area (Å²) < 4.78 is 8.30. The predicted octanol–water partition coefficient (Wildman–Crippen LogP) is 4.59. The quantitative estimate of drug-likeness (QED) is 0.505. The van der Waals surface area contributed by atoms with Gasteiger partial charge in [0.05, 0.1) is 16.0 Å². The zero-order valence-corrected chi connectivity index (χ0v) is 14.4. The van der Waals surface area contributed by atoms with Crippen LogP contribution in [0, 0.1) is 10.1 Å². The predicted molar refractivity (Wildman–Crippen MR) is 95.0 cm³/mol. The third kappa shape index (κ3) is 2.62. The monoisotopic (exact) mass is 357 g/mol. The normalized spacial score (nSPS) is 15.8. The first-order valence-electron chi connectivity index (χ1n) is 8.04. The number of rotatable bonds is 4. The second-order valence-electron chi connectivity index (χ2n) is 6.33. The van der Waals surface area contributed by atoms with Crippen LogP contribution in [0.5, 0.6) is 5.75 Å². The maximum atomic E-state index is 10.8. The highest BCUT2D eigenvalue weighted by Gasteiger charge is 2.45. The van der Waals surface area contributed by atoms with E-state index in [0.717, 1.165) is 36.1 Å². The van der Waals surface area contributed by atoms with Crippen LogP contribution in [0.4, 0.5) is 5.69 Å². The lowest BCUT2D eigenvalue weighted by Crippen LogP contribution is -2.42. The molecule has 6 nitrogen and oxygen atoms in total. The molecule has 0 unspecified atom stereocenters. The Morgan fingerprint density at radius 3 is 2.56 bits per heavy atom. The molecule has 0 radical (unpaired) electrons. The average molecular weight is 358 g/mol. The van der Waals surface area contributed by atoms with E-state index in [2.05, 4.69) is 0 Å². The summed E-state index contributed by atoms with van der Waals surface area (Å²) >= 11 is 6.08. The number of fused-ring (bicyclic) bond motifs is 1. The van der Waals surface area contributed by atoms with Crippen molar-refractivity contribution in [1.82, 2.24) is 9.55 Å². The van der Waals surface area contributed by atoms with Crippen LogP contribution in [0.15, 0.2) is 42.5 Å². The molecule has 25 heavy (non-hydrogen) atoms. The fraction of sp³-hybridized carbons (Fsp3) is 0.278. The molecule has 2 aromatic carbocycles. The van der Waals surface area contributed by atoms with Gasteiger partial charge in [-0.25, -0.2) is 4.98 Å². The van der Waals surface area contributed by atoms with E-state index in [1.165, 1.54) is 12.1 Å². The molecule has 1 aliphatic carbocycles. The van der Waals surface area contributed by atoms with Crippen molar-refractivity contribution < 1.29 is 9.66 Å². The minimum Gasteiger partial charge on any atom is -0.479 e. The molecule has 128 valence electrons. The van der Waals surface area contributed by atoms with Gasteiger partial charge in [-0.05, 0) is 49.6 Å². The molecule has 1 aromatic heterocycles. The molecule has 0 N–H and O–H groups in total. The Kier molecular flexibility index (Phi) is 3.65. The second-order valence-corrected chi connectivity index (χ2v) is 6.76. The van der Waals surface area contributed by atoms with Crippen LogP contribution < -0.4 is 4.74 Å². The highest BCUT2D eigenvalue weighted by molar-refractivity contribution is 6.31. The van der Waals surface area contributed by atoms with Gasteiger partial charge < -0.3 is 9.30 Å². The van der Waals surface area contributed by atoms with Crippen LogP contribution in [-0.4, -0.2) is 14.5 Å². The number of nitrogens with zero attached hydrogens (tertiary/aromatic N) is 3. The van der Waals surface area contributed by atoms with Gasteiger partial charge in [0.25, 0.3) is 5.69 Å². The first-order valence-corrected chi connectivity index (χ1v) is 8.42. The summed E-state index contributed by atoms with van der Waals surface area (Å²) in [6.07, 6.45) is 2.76. The fourth-order valence-electron chi connectivity index (χ4n) is 3.31. The molecule has 0 saturated heterocycles. The number of hydrogen-bond acceptors (Lipinski definition) is 4. The molecule has 0 atom stereocenters. The van der Waals surface area contributed by atoms with Crippen molar-refractivity contribution >= 4 is 28.3 Å². The van der Waals surface area contributed by atoms with Crippen molar-refractivity contribution in [1.29, 1.82) is 0 Å². The van der Waals surface area contributed by atoms with Gasteiger partial charge in [-0.3, -0.25) is 10.1 Å². The molecular weight excluding hydrogens is 342 g/mol. The van der Waals surface area contributed by atoms with E-state index < -0.39 is 10.5 Å². The van der Waals surface area contributed by atoms with E-state index in [0.29, 0.717) is 10.8 Å². The number of aryl methyl sites for hydroxylation is 1. The van der Waals surface area contributed by atoms with Gasteiger partial charge in [0.2, 0.25) is 0 Å². The first-order chi connectivity index (χ1) is 12.0. The third-order valence-electron chi connectivity index (χ3n) is 4.77. The topological polar surface area (TPSA) is 70.2 Å². The van der Waals surface area contributed by atoms with Gasteiger partial charge in [0, 0.05) is 24.2 Å². The molecule has 1 heterocycles. The number of nitro groups is 1. The SMILES string of the molecule is Cn1c(C2(Oc3ccc([N+](=O)[O-])cc3)CCC2)nc2cc(Cl)ccc21. The number of halogens is 1. The highest BCUT2D eigenvalue weighted by Crippen LogP contribution is 2.45. The molecule has 3 aromatic rings. The highest BCUT2D eigenvalue weighted by atomic mass is 35.5. The van der Waals surface area contributed by atoms with E-state index in [-0.39, 0.29) is 5.69 Å². The lowest BCUT2D eigenvalue weighted by molar-refractivity contribution is -0.384. The van der Waals surface area contributed by atoms with Crippen LogP contribution in [0.1, 0.15) is 25.1 Å². The lowest BCUT2D eigenvalue weighted by atomic mass is 9.79. The number of nitro benzene ring substituents is 1. The zero-order valence-electron chi connectivity index (χ0n) is 13.6. The largest absolute Gasteiger partial charge is 0.479 e. The van der Waals surface area contributed by atoms with Crippen molar-refractivity contribution in [2.75, 3.05) is 0 Å². The Morgan fingerprint density at radius 2 is 1.96 bits per heavy atom. The van der Waals surface area contributed by atoms with Gasteiger partial charge in [-0.2, -0.15) is 0 Å². The third-order valence-corrected chi connectivity index (χ3v) is 5.01. The van der Waals surface area contributed by atoms with Crippen LogP contribution in [0.2, 0.25) is 5.02 Å². The van der Waals surface area contributed by atoms with E-state index >= 15 is 0 Å². The Balaban J connectivity index is 1.71. The van der Waals surface area contributed by atoms with Crippen LogP contribution >= 0.6 is 11.6 Å². The molecule has 0 bridgehead atoms. The van der Waals surface area contributed by atoms with Gasteiger partial charge in [-0.1, -0.05) is 11.6 Å². The molecule has 1 fully saturated rings. The van der Waals surface area contributed by atoms with Crippen molar-refractivity contribution in [3.63, 3.8) is 0 Å². The molecule has 1 saturated carbocycles. The Bertz CT molecular complexity index is 962. The maximum absolute atomic E-state index is 10.8. The summed E-state index contributed by atoms with van der Waals surface area (Å²) in [5, 5.41) is 11.4. The minimum absolute atomic E-state index is 0.0485. The van der Waals surface area contributed by atoms with Crippen molar-refractivity contribution in [3.8, 4) is 5.75 Å². The number of ether oxygens (including phenoxy) is 1. The molecule has 0 amide bonds. The zero-order chi connectivity index (χ0) is 17.6. The van der Waals surface area contributed by atoms with Gasteiger partial charge >= 0.3 is 0 Å². The molecular formula is C18H16ClN3O3. The Morgan fingerprint density at radius 1 is 1.24 bits per heavy atom. The maximum Gasteiger partial charge on any atom is 0.269 e. The van der Waals surface area contributed by atoms with Crippen molar-refractivity contribution in [3.05, 3.63) is 63.4 Å². The molecule has 0 aliphatic heterocycles. The number of hydrogen-bond donors (Lipinski definition) is 0. The number of non-ortho nitro benzene ring substituents is 1. The van der Waals surface area contributed by atoms with Crippen LogP contribution in [0.25, 0.3) is 11.0 Å². The summed E-state index contributed by atoms with van der Waals surface area (Å²) in [6, 6.07) is 11.8. The van der Waals surface area contributed by atoms with E-state index in [9.17, 15) is 10.1 Å². The van der Waals surface area contributed by atoms with Crippen LogP contribution in [-0.2, 0) is 12.6 Å². The molecule has 1 aliphatic rings. The van der Waals surface area contributed by atoms with Gasteiger partial charge in [-0.15, -0.1) is 0 Å². The second kappa shape index (κ2) is 5.74. The molecule has 7 heteroatoms. The van der Waals surface area contributed by atoms with E-state index in [4.69, 9.17) is 21.3 Å². The molecule has 4 rings (SSSR count). The Hall–Kier alpha value is -2.60. The van der Waals surface area contributed by atoms with E-state index in [1.807, 2.05) is 29.8 Å².